The fraction of sp³-hybridized carbons (Fsp3) is 0.250. The second-order valence-electron chi connectivity index (χ2n) is 8.45. The highest BCUT2D eigenvalue weighted by Crippen LogP contribution is 2.37. The molecule has 0 spiro atoms. The Morgan fingerprint density at radius 1 is 1.11 bits per heavy atom. The summed E-state index contributed by atoms with van der Waals surface area (Å²) in [5.74, 6) is 1.21. The van der Waals surface area contributed by atoms with Crippen molar-refractivity contribution in [2.24, 2.45) is 5.10 Å². The van der Waals surface area contributed by atoms with Crippen LogP contribution in [-0.2, 0) is 6.61 Å². The Labute approximate surface area is 231 Å². The monoisotopic (exact) mass is 629 g/mol. The summed E-state index contributed by atoms with van der Waals surface area (Å²) >= 11 is 6.97. The predicted molar refractivity (Wildman–Crippen MR) is 151 cm³/mol. The number of rotatable bonds is 9. The first-order valence-corrected chi connectivity index (χ1v) is 13.5. The van der Waals surface area contributed by atoms with E-state index >= 15 is 0 Å². The normalized spacial score (nSPS) is 12.3. The molecule has 0 amide bonds. The van der Waals surface area contributed by atoms with E-state index < -0.39 is 0 Å². The lowest BCUT2D eigenvalue weighted by atomic mass is 10.1. The standard InChI is InChI=1S/C28H26Br2FN3O3/c1-4-17(3)27-33-24-11-10-20(29)14-21(24)28(35)34(27)32-15-18-12-22(30)26(25(13-18)36-5-2)37-16-19-8-6-7-9-23(19)31/h6-15,17H,4-5,16H2,1-3H3/t17-/m0/s1. The number of halogens is 3. The molecule has 0 radical (unpaired) electrons. The SMILES string of the molecule is CCOc1cc(C=Nn2c([C@@H](C)CC)nc3ccc(Br)cc3c2=O)cc(Br)c1OCc1ccccc1F. The third-order valence-corrected chi connectivity index (χ3v) is 6.95. The summed E-state index contributed by atoms with van der Waals surface area (Å²) in [7, 11) is 0. The average Bonchev–Trinajstić information content (AvgIpc) is 2.88. The Hall–Kier alpha value is -3.04. The molecular weight excluding hydrogens is 605 g/mol. The Morgan fingerprint density at radius 2 is 1.89 bits per heavy atom. The van der Waals surface area contributed by atoms with Crippen LogP contribution in [0.4, 0.5) is 4.39 Å². The lowest BCUT2D eigenvalue weighted by Crippen LogP contribution is -2.23. The third kappa shape index (κ3) is 6.10. The second-order valence-corrected chi connectivity index (χ2v) is 10.2. The van der Waals surface area contributed by atoms with Gasteiger partial charge in [0, 0.05) is 16.0 Å². The molecule has 9 heteroatoms. The summed E-state index contributed by atoms with van der Waals surface area (Å²) in [4.78, 5) is 18.1. The van der Waals surface area contributed by atoms with E-state index in [0.29, 0.717) is 50.4 Å². The van der Waals surface area contributed by atoms with Gasteiger partial charge in [-0.3, -0.25) is 4.79 Å². The van der Waals surface area contributed by atoms with Crippen LogP contribution in [0.5, 0.6) is 11.5 Å². The van der Waals surface area contributed by atoms with E-state index in [-0.39, 0.29) is 23.9 Å². The molecule has 192 valence electrons. The Kier molecular flexibility index (Phi) is 8.76. The van der Waals surface area contributed by atoms with Gasteiger partial charge in [0.2, 0.25) is 0 Å². The maximum Gasteiger partial charge on any atom is 0.282 e. The van der Waals surface area contributed by atoms with Gasteiger partial charge in [-0.25, -0.2) is 9.37 Å². The number of benzene rings is 3. The van der Waals surface area contributed by atoms with Crippen molar-refractivity contribution in [2.45, 2.75) is 39.7 Å². The minimum absolute atomic E-state index is 0.0257. The van der Waals surface area contributed by atoms with Crippen LogP contribution in [0.3, 0.4) is 0 Å². The molecule has 1 aromatic heterocycles. The molecule has 6 nitrogen and oxygen atoms in total. The molecule has 3 aromatic carbocycles. The lowest BCUT2D eigenvalue weighted by Gasteiger charge is -2.15. The molecule has 0 N–H and O–H groups in total. The molecule has 0 unspecified atom stereocenters. The number of fused-ring (bicyclic) bond motifs is 1. The van der Waals surface area contributed by atoms with Gasteiger partial charge in [-0.2, -0.15) is 9.78 Å². The summed E-state index contributed by atoms with van der Waals surface area (Å²) < 4.78 is 28.6. The van der Waals surface area contributed by atoms with Gasteiger partial charge in [-0.15, -0.1) is 0 Å². The van der Waals surface area contributed by atoms with Crippen molar-refractivity contribution < 1.29 is 13.9 Å². The fourth-order valence-electron chi connectivity index (χ4n) is 3.73. The summed E-state index contributed by atoms with van der Waals surface area (Å²) in [6.45, 7) is 6.38. The zero-order valence-electron chi connectivity index (χ0n) is 20.7. The lowest BCUT2D eigenvalue weighted by molar-refractivity contribution is 0.264. The molecule has 0 saturated heterocycles. The molecule has 0 fully saturated rings. The van der Waals surface area contributed by atoms with E-state index in [2.05, 4.69) is 37.0 Å². The molecule has 4 aromatic rings. The third-order valence-electron chi connectivity index (χ3n) is 5.87. The quantitative estimate of drug-likeness (QED) is 0.180. The zero-order chi connectivity index (χ0) is 26.5. The van der Waals surface area contributed by atoms with Crippen LogP contribution in [0.2, 0.25) is 0 Å². The van der Waals surface area contributed by atoms with Crippen LogP contribution in [0, 0.1) is 5.82 Å². The highest BCUT2D eigenvalue weighted by molar-refractivity contribution is 9.10. The molecule has 1 heterocycles. The largest absolute Gasteiger partial charge is 0.490 e. The van der Waals surface area contributed by atoms with Gasteiger partial charge in [0.1, 0.15) is 18.2 Å². The summed E-state index contributed by atoms with van der Waals surface area (Å²) in [6.07, 6.45) is 2.39. The van der Waals surface area contributed by atoms with Gasteiger partial charge in [0.15, 0.2) is 11.5 Å². The van der Waals surface area contributed by atoms with Gasteiger partial charge < -0.3 is 9.47 Å². The maximum absolute atomic E-state index is 14.1. The fourth-order valence-corrected chi connectivity index (χ4v) is 4.67. The molecule has 0 bridgehead atoms. The molecule has 1 atom stereocenters. The van der Waals surface area contributed by atoms with Crippen molar-refractivity contribution in [3.63, 3.8) is 0 Å². The summed E-state index contributed by atoms with van der Waals surface area (Å²) in [6, 6.07) is 15.5. The smallest absolute Gasteiger partial charge is 0.282 e. The van der Waals surface area contributed by atoms with Crippen LogP contribution >= 0.6 is 31.9 Å². The van der Waals surface area contributed by atoms with Crippen LogP contribution in [-0.4, -0.2) is 22.5 Å². The van der Waals surface area contributed by atoms with Crippen molar-refractivity contribution in [2.75, 3.05) is 6.61 Å². The Bertz CT molecular complexity index is 1520. The van der Waals surface area contributed by atoms with Crippen LogP contribution in [0.25, 0.3) is 10.9 Å². The number of hydrogen-bond acceptors (Lipinski definition) is 5. The number of nitrogens with zero attached hydrogens (tertiary/aromatic N) is 3. The van der Waals surface area contributed by atoms with E-state index in [0.717, 1.165) is 10.9 Å². The van der Waals surface area contributed by atoms with Gasteiger partial charge in [0.05, 0.1) is 28.2 Å². The topological polar surface area (TPSA) is 65.7 Å². The highest BCUT2D eigenvalue weighted by atomic mass is 79.9. The van der Waals surface area contributed by atoms with Crippen LogP contribution in [0.1, 0.15) is 50.1 Å². The summed E-state index contributed by atoms with van der Waals surface area (Å²) in [5, 5.41) is 5.01. The van der Waals surface area contributed by atoms with Crippen molar-refractivity contribution >= 4 is 49.0 Å². The molecule has 0 saturated carbocycles. The average molecular weight is 631 g/mol. The van der Waals surface area contributed by atoms with E-state index in [9.17, 15) is 9.18 Å². The van der Waals surface area contributed by atoms with Crippen LogP contribution < -0.4 is 15.0 Å². The predicted octanol–water partition coefficient (Wildman–Crippen LogP) is 7.43. The van der Waals surface area contributed by atoms with Gasteiger partial charge >= 0.3 is 0 Å². The minimum Gasteiger partial charge on any atom is -0.490 e. The van der Waals surface area contributed by atoms with Crippen LogP contribution in [0.15, 0.2) is 73.4 Å². The van der Waals surface area contributed by atoms with E-state index in [1.54, 1.807) is 36.5 Å². The Balaban J connectivity index is 1.72. The second kappa shape index (κ2) is 12.0. The number of ether oxygens (including phenoxy) is 2. The summed E-state index contributed by atoms with van der Waals surface area (Å²) in [5.41, 5.74) is 1.51. The van der Waals surface area contributed by atoms with Gasteiger partial charge in [-0.1, -0.05) is 48.0 Å². The molecular formula is C28H26Br2FN3O3. The Morgan fingerprint density at radius 3 is 2.62 bits per heavy atom. The number of hydrogen-bond donors (Lipinski definition) is 0. The highest BCUT2D eigenvalue weighted by Gasteiger charge is 2.17. The first-order chi connectivity index (χ1) is 17.8. The van der Waals surface area contributed by atoms with E-state index in [1.807, 2.05) is 39.0 Å². The first-order valence-electron chi connectivity index (χ1n) is 11.9. The van der Waals surface area contributed by atoms with Crippen molar-refractivity contribution in [1.29, 1.82) is 0 Å². The van der Waals surface area contributed by atoms with Crippen molar-refractivity contribution in [3.8, 4) is 11.5 Å². The maximum atomic E-state index is 14.1. The minimum atomic E-state index is -0.334. The number of aromatic nitrogens is 2. The van der Waals surface area contributed by atoms with Gasteiger partial charge in [0.25, 0.3) is 5.56 Å². The van der Waals surface area contributed by atoms with Gasteiger partial charge in [-0.05, 0) is 71.2 Å². The van der Waals surface area contributed by atoms with Crippen molar-refractivity contribution in [1.82, 2.24) is 9.66 Å². The molecule has 4 rings (SSSR count). The zero-order valence-corrected chi connectivity index (χ0v) is 23.8. The molecule has 0 aliphatic carbocycles. The molecule has 0 aliphatic heterocycles. The molecule has 37 heavy (non-hydrogen) atoms. The van der Waals surface area contributed by atoms with Crippen molar-refractivity contribution in [3.05, 3.63) is 96.7 Å². The first kappa shape index (κ1) is 27.0. The van der Waals surface area contributed by atoms with E-state index in [1.165, 1.54) is 10.7 Å². The molecule has 0 aliphatic rings. The van der Waals surface area contributed by atoms with E-state index in [4.69, 9.17) is 14.5 Å².